The quantitative estimate of drug-likeness (QED) is 0.507. The van der Waals surface area contributed by atoms with Crippen LogP contribution in [0.15, 0.2) is 0 Å². The molecule has 1 saturated carbocycles. The Bertz CT molecular complexity index is 126. The number of thioether (sulfide) groups is 1. The van der Waals surface area contributed by atoms with E-state index < -0.39 is 0 Å². The molecule has 2 bridgehead atoms. The Morgan fingerprint density at radius 1 is 1.22 bits per heavy atom. The monoisotopic (exact) mass is 142 g/mol. The van der Waals surface area contributed by atoms with Gasteiger partial charge in [-0.15, -0.1) is 0 Å². The number of Topliss-reactive ketones (excluding diaryl/α,β-unsaturated/α-hetero) is 1. The normalized spacial score (nSPS) is 41.6. The third-order valence-electron chi connectivity index (χ3n) is 2.31. The molecule has 1 aliphatic carbocycles. The van der Waals surface area contributed by atoms with E-state index in [0.717, 1.165) is 11.5 Å². The average Bonchev–Trinajstić information content (AvgIpc) is 2.19. The molecule has 0 spiro atoms. The minimum Gasteiger partial charge on any atom is -0.299 e. The summed E-state index contributed by atoms with van der Waals surface area (Å²) < 4.78 is 0. The Balaban J connectivity index is 2.19. The van der Waals surface area contributed by atoms with Crippen molar-refractivity contribution in [3.63, 3.8) is 0 Å². The van der Waals surface area contributed by atoms with Gasteiger partial charge in [-0.25, -0.2) is 0 Å². The third-order valence-corrected chi connectivity index (χ3v) is 3.58. The lowest BCUT2D eigenvalue weighted by molar-refractivity contribution is -0.122. The second-order valence-electron chi connectivity index (χ2n) is 2.91. The lowest BCUT2D eigenvalue weighted by Gasteiger charge is -2.15. The van der Waals surface area contributed by atoms with E-state index >= 15 is 0 Å². The van der Waals surface area contributed by atoms with Gasteiger partial charge in [-0.05, 0) is 12.8 Å². The van der Waals surface area contributed by atoms with Crippen LogP contribution in [0.1, 0.15) is 12.8 Å². The highest BCUT2D eigenvalue weighted by Gasteiger charge is 2.37. The van der Waals surface area contributed by atoms with Crippen LogP contribution in [0.3, 0.4) is 0 Å². The summed E-state index contributed by atoms with van der Waals surface area (Å²) in [5.41, 5.74) is 0. The van der Waals surface area contributed by atoms with Gasteiger partial charge in [0.05, 0.1) is 0 Å². The zero-order valence-corrected chi connectivity index (χ0v) is 6.12. The second-order valence-corrected chi connectivity index (χ2v) is 3.99. The Morgan fingerprint density at radius 3 is 2.22 bits per heavy atom. The molecule has 2 aliphatic rings. The molecule has 1 saturated heterocycles. The number of ketones is 1. The van der Waals surface area contributed by atoms with Crippen molar-refractivity contribution in [2.24, 2.45) is 11.8 Å². The number of fused-ring (bicyclic) bond motifs is 2. The van der Waals surface area contributed by atoms with E-state index in [1.54, 1.807) is 0 Å². The van der Waals surface area contributed by atoms with E-state index in [9.17, 15) is 4.79 Å². The van der Waals surface area contributed by atoms with Crippen molar-refractivity contribution in [1.82, 2.24) is 0 Å². The van der Waals surface area contributed by atoms with Crippen LogP contribution < -0.4 is 0 Å². The molecule has 9 heavy (non-hydrogen) atoms. The van der Waals surface area contributed by atoms with Gasteiger partial charge in [0, 0.05) is 23.3 Å². The van der Waals surface area contributed by atoms with Crippen LogP contribution >= 0.6 is 11.8 Å². The van der Waals surface area contributed by atoms with E-state index in [4.69, 9.17) is 0 Å². The van der Waals surface area contributed by atoms with Crippen molar-refractivity contribution in [1.29, 1.82) is 0 Å². The standard InChI is InChI=1S/C7H10OS/c8-7-5-1-2-6(7)4-9-3-5/h5-6H,1-4H2. The number of carbonyl (C=O) groups is 1. The van der Waals surface area contributed by atoms with Gasteiger partial charge in [-0.2, -0.15) is 11.8 Å². The summed E-state index contributed by atoms with van der Waals surface area (Å²) in [7, 11) is 0. The predicted molar refractivity (Wildman–Crippen MR) is 38.5 cm³/mol. The molecule has 0 aromatic heterocycles. The summed E-state index contributed by atoms with van der Waals surface area (Å²) in [6.07, 6.45) is 2.35. The molecular weight excluding hydrogens is 132 g/mol. The van der Waals surface area contributed by atoms with Gasteiger partial charge in [0.2, 0.25) is 0 Å². The van der Waals surface area contributed by atoms with Crippen LogP contribution in [0.25, 0.3) is 0 Å². The lowest BCUT2D eigenvalue weighted by atomic mass is 10.1. The highest BCUT2D eigenvalue weighted by molar-refractivity contribution is 7.99. The van der Waals surface area contributed by atoms with Crippen molar-refractivity contribution in [3.05, 3.63) is 0 Å². The van der Waals surface area contributed by atoms with Crippen molar-refractivity contribution >= 4 is 17.5 Å². The number of hydrogen-bond donors (Lipinski definition) is 0. The smallest absolute Gasteiger partial charge is 0.140 e. The van der Waals surface area contributed by atoms with Crippen molar-refractivity contribution in [2.75, 3.05) is 11.5 Å². The second kappa shape index (κ2) is 2.01. The van der Waals surface area contributed by atoms with Gasteiger partial charge in [0.25, 0.3) is 0 Å². The van der Waals surface area contributed by atoms with E-state index in [0.29, 0.717) is 17.6 Å². The predicted octanol–water partition coefficient (Wildman–Crippen LogP) is 1.33. The van der Waals surface area contributed by atoms with Crippen molar-refractivity contribution in [3.8, 4) is 0 Å². The molecule has 1 heterocycles. The van der Waals surface area contributed by atoms with Crippen molar-refractivity contribution < 1.29 is 4.79 Å². The summed E-state index contributed by atoms with van der Waals surface area (Å²) in [5, 5.41) is 0. The topological polar surface area (TPSA) is 17.1 Å². The van der Waals surface area contributed by atoms with Crippen LogP contribution in [0, 0.1) is 11.8 Å². The van der Waals surface area contributed by atoms with Gasteiger partial charge < -0.3 is 0 Å². The van der Waals surface area contributed by atoms with E-state index in [2.05, 4.69) is 0 Å². The Hall–Kier alpha value is 0.0200. The molecule has 0 aromatic rings. The number of rotatable bonds is 0. The molecule has 0 radical (unpaired) electrons. The molecule has 1 nitrogen and oxygen atoms in total. The molecule has 2 atom stereocenters. The zero-order valence-electron chi connectivity index (χ0n) is 5.30. The maximum absolute atomic E-state index is 11.2. The fraction of sp³-hybridized carbons (Fsp3) is 0.857. The first-order valence-corrected chi connectivity index (χ1v) is 4.65. The maximum Gasteiger partial charge on any atom is 0.140 e. The van der Waals surface area contributed by atoms with Crippen LogP contribution in [-0.2, 0) is 4.79 Å². The van der Waals surface area contributed by atoms with Crippen LogP contribution in [0.5, 0.6) is 0 Å². The first-order valence-electron chi connectivity index (χ1n) is 3.49. The first kappa shape index (κ1) is 5.78. The molecule has 0 amide bonds. The maximum atomic E-state index is 11.2. The minimum absolute atomic E-state index is 0.453. The molecular formula is C7H10OS. The van der Waals surface area contributed by atoms with Crippen molar-refractivity contribution in [2.45, 2.75) is 12.8 Å². The summed E-state index contributed by atoms with van der Waals surface area (Å²) in [6.45, 7) is 0. The van der Waals surface area contributed by atoms with E-state index in [1.165, 1.54) is 12.8 Å². The van der Waals surface area contributed by atoms with Gasteiger partial charge in [-0.3, -0.25) is 4.79 Å². The SMILES string of the molecule is O=C1C2CCC1CSC2. The zero-order chi connectivity index (χ0) is 6.27. The third kappa shape index (κ3) is 0.803. The van der Waals surface area contributed by atoms with Crippen LogP contribution in [0.2, 0.25) is 0 Å². The molecule has 2 rings (SSSR count). The molecule has 1 aliphatic heterocycles. The molecule has 2 heteroatoms. The Labute approximate surface area is 59.2 Å². The Kier molecular flexibility index (Phi) is 1.29. The summed E-state index contributed by atoms with van der Waals surface area (Å²) >= 11 is 1.96. The largest absolute Gasteiger partial charge is 0.299 e. The molecule has 2 unspecified atom stereocenters. The highest BCUT2D eigenvalue weighted by atomic mass is 32.2. The van der Waals surface area contributed by atoms with Gasteiger partial charge >= 0.3 is 0 Å². The first-order chi connectivity index (χ1) is 4.38. The summed E-state index contributed by atoms with van der Waals surface area (Å²) in [5.74, 6) is 3.68. The lowest BCUT2D eigenvalue weighted by Crippen LogP contribution is -2.22. The fourth-order valence-corrected chi connectivity index (χ4v) is 3.07. The Morgan fingerprint density at radius 2 is 1.78 bits per heavy atom. The average molecular weight is 142 g/mol. The summed E-state index contributed by atoms with van der Waals surface area (Å²) in [4.78, 5) is 11.2. The highest BCUT2D eigenvalue weighted by Crippen LogP contribution is 2.36. The molecule has 0 N–H and O–H groups in total. The van der Waals surface area contributed by atoms with Gasteiger partial charge in [0.15, 0.2) is 0 Å². The number of hydrogen-bond acceptors (Lipinski definition) is 2. The number of carbonyl (C=O) groups excluding carboxylic acids is 1. The van der Waals surface area contributed by atoms with Gasteiger partial charge in [0.1, 0.15) is 5.78 Å². The van der Waals surface area contributed by atoms with E-state index in [-0.39, 0.29) is 0 Å². The van der Waals surface area contributed by atoms with Gasteiger partial charge in [-0.1, -0.05) is 0 Å². The molecule has 50 valence electrons. The molecule has 2 fully saturated rings. The summed E-state index contributed by atoms with van der Waals surface area (Å²) in [6, 6.07) is 0. The fourth-order valence-electron chi connectivity index (χ4n) is 1.70. The van der Waals surface area contributed by atoms with E-state index in [1.807, 2.05) is 11.8 Å². The minimum atomic E-state index is 0.453. The van der Waals surface area contributed by atoms with Crippen LogP contribution in [0.4, 0.5) is 0 Å². The molecule has 0 aromatic carbocycles. The van der Waals surface area contributed by atoms with Crippen LogP contribution in [-0.4, -0.2) is 17.3 Å².